The molecule has 0 unspecified atom stereocenters. The van der Waals surface area contributed by atoms with Gasteiger partial charge in [0.15, 0.2) is 0 Å². The van der Waals surface area contributed by atoms with E-state index < -0.39 is 0 Å². The Labute approximate surface area is 120 Å². The van der Waals surface area contributed by atoms with Crippen LogP contribution in [0.3, 0.4) is 0 Å². The van der Waals surface area contributed by atoms with E-state index in [1.54, 1.807) is 6.07 Å². The van der Waals surface area contributed by atoms with Crippen molar-refractivity contribution in [3.05, 3.63) is 23.3 Å². The number of anilines is 2. The van der Waals surface area contributed by atoms with Crippen LogP contribution in [-0.2, 0) is 11.3 Å². The van der Waals surface area contributed by atoms with Crippen molar-refractivity contribution in [2.45, 2.75) is 6.54 Å². The Hall–Kier alpha value is -1.93. The standard InChI is InChI=1S/C11H13ClN6O2/c12-9-14-10(13-7-8-1-4-20-17-8)16-11(15-9)18-2-5-19-6-3-18/h1,4H,2-3,5-7H2,(H,13,14,15,16). The van der Waals surface area contributed by atoms with Gasteiger partial charge in [-0.15, -0.1) is 0 Å². The molecule has 20 heavy (non-hydrogen) atoms. The molecular weight excluding hydrogens is 284 g/mol. The zero-order valence-corrected chi connectivity index (χ0v) is 11.4. The van der Waals surface area contributed by atoms with E-state index >= 15 is 0 Å². The summed E-state index contributed by atoms with van der Waals surface area (Å²) in [5, 5.41) is 6.99. The summed E-state index contributed by atoms with van der Waals surface area (Å²) in [7, 11) is 0. The van der Waals surface area contributed by atoms with Gasteiger partial charge in [-0.1, -0.05) is 5.16 Å². The second-order valence-electron chi connectivity index (χ2n) is 4.17. The monoisotopic (exact) mass is 296 g/mol. The highest BCUT2D eigenvalue weighted by molar-refractivity contribution is 6.28. The van der Waals surface area contributed by atoms with Gasteiger partial charge in [-0.3, -0.25) is 0 Å². The van der Waals surface area contributed by atoms with Crippen LogP contribution in [-0.4, -0.2) is 46.4 Å². The van der Waals surface area contributed by atoms with Crippen LogP contribution in [0.5, 0.6) is 0 Å². The van der Waals surface area contributed by atoms with Gasteiger partial charge in [-0.05, 0) is 11.6 Å². The molecule has 0 amide bonds. The van der Waals surface area contributed by atoms with Crippen molar-refractivity contribution in [1.29, 1.82) is 0 Å². The van der Waals surface area contributed by atoms with Crippen LogP contribution in [0.2, 0.25) is 5.28 Å². The van der Waals surface area contributed by atoms with Gasteiger partial charge in [0.2, 0.25) is 17.2 Å². The lowest BCUT2D eigenvalue weighted by molar-refractivity contribution is 0.122. The maximum Gasteiger partial charge on any atom is 0.231 e. The number of aromatic nitrogens is 4. The lowest BCUT2D eigenvalue weighted by Gasteiger charge is -2.26. The van der Waals surface area contributed by atoms with Crippen molar-refractivity contribution in [3.63, 3.8) is 0 Å². The average Bonchev–Trinajstić information content (AvgIpc) is 2.99. The summed E-state index contributed by atoms with van der Waals surface area (Å²) in [6, 6.07) is 1.76. The molecule has 0 spiro atoms. The van der Waals surface area contributed by atoms with Gasteiger partial charge in [0.25, 0.3) is 0 Å². The Kier molecular flexibility index (Phi) is 3.93. The number of hydrogen-bond donors (Lipinski definition) is 1. The summed E-state index contributed by atoms with van der Waals surface area (Å²) in [4.78, 5) is 14.5. The van der Waals surface area contributed by atoms with Crippen LogP contribution in [0, 0.1) is 0 Å². The molecule has 8 nitrogen and oxygen atoms in total. The highest BCUT2D eigenvalue weighted by atomic mass is 35.5. The Balaban J connectivity index is 1.72. The fourth-order valence-corrected chi connectivity index (χ4v) is 1.98. The van der Waals surface area contributed by atoms with Crippen molar-refractivity contribution in [2.24, 2.45) is 0 Å². The molecule has 2 aromatic rings. The first-order valence-corrected chi connectivity index (χ1v) is 6.56. The van der Waals surface area contributed by atoms with Crippen molar-refractivity contribution < 1.29 is 9.26 Å². The van der Waals surface area contributed by atoms with E-state index in [9.17, 15) is 0 Å². The van der Waals surface area contributed by atoms with Crippen LogP contribution < -0.4 is 10.2 Å². The summed E-state index contributed by atoms with van der Waals surface area (Å²) in [5.41, 5.74) is 0.759. The van der Waals surface area contributed by atoms with Gasteiger partial charge in [-0.2, -0.15) is 15.0 Å². The first-order chi connectivity index (χ1) is 9.81. The van der Waals surface area contributed by atoms with Crippen LogP contribution in [0.4, 0.5) is 11.9 Å². The molecule has 0 saturated carbocycles. The molecule has 1 aliphatic heterocycles. The molecule has 3 rings (SSSR count). The predicted octanol–water partition coefficient (Wildman–Crippen LogP) is 0.962. The molecule has 9 heteroatoms. The third-order valence-electron chi connectivity index (χ3n) is 2.81. The van der Waals surface area contributed by atoms with E-state index in [0.717, 1.165) is 18.8 Å². The van der Waals surface area contributed by atoms with Crippen molar-refractivity contribution in [3.8, 4) is 0 Å². The summed E-state index contributed by atoms with van der Waals surface area (Å²) in [6.45, 7) is 3.25. The van der Waals surface area contributed by atoms with Gasteiger partial charge < -0.3 is 19.5 Å². The largest absolute Gasteiger partial charge is 0.378 e. The van der Waals surface area contributed by atoms with Crippen molar-refractivity contribution in [1.82, 2.24) is 20.1 Å². The van der Waals surface area contributed by atoms with Gasteiger partial charge in [0, 0.05) is 19.2 Å². The maximum atomic E-state index is 5.94. The fraction of sp³-hybridized carbons (Fsp3) is 0.455. The highest BCUT2D eigenvalue weighted by Crippen LogP contribution is 2.15. The molecule has 1 aliphatic rings. The molecule has 1 fully saturated rings. The van der Waals surface area contributed by atoms with E-state index in [0.29, 0.717) is 31.7 Å². The topological polar surface area (TPSA) is 89.2 Å². The van der Waals surface area contributed by atoms with Gasteiger partial charge >= 0.3 is 0 Å². The predicted molar refractivity (Wildman–Crippen MR) is 71.7 cm³/mol. The number of hydrogen-bond acceptors (Lipinski definition) is 8. The van der Waals surface area contributed by atoms with E-state index in [-0.39, 0.29) is 5.28 Å². The SMILES string of the molecule is Clc1nc(NCc2ccon2)nc(N2CCOCC2)n1. The second-order valence-corrected chi connectivity index (χ2v) is 4.51. The third kappa shape index (κ3) is 3.14. The van der Waals surface area contributed by atoms with E-state index in [2.05, 4.69) is 25.4 Å². The second kappa shape index (κ2) is 6.02. The number of halogens is 1. The number of ether oxygens (including phenoxy) is 1. The third-order valence-corrected chi connectivity index (χ3v) is 2.98. The zero-order chi connectivity index (χ0) is 13.8. The minimum absolute atomic E-state index is 0.157. The normalized spacial score (nSPS) is 15.3. The van der Waals surface area contributed by atoms with Gasteiger partial charge in [-0.25, -0.2) is 0 Å². The quantitative estimate of drug-likeness (QED) is 0.892. The zero-order valence-electron chi connectivity index (χ0n) is 10.6. The van der Waals surface area contributed by atoms with Crippen LogP contribution >= 0.6 is 11.6 Å². The molecule has 3 heterocycles. The van der Waals surface area contributed by atoms with Crippen LogP contribution in [0.1, 0.15) is 5.69 Å². The van der Waals surface area contributed by atoms with Crippen molar-refractivity contribution in [2.75, 3.05) is 36.5 Å². The summed E-state index contributed by atoms with van der Waals surface area (Å²) in [6.07, 6.45) is 1.51. The molecule has 0 aromatic carbocycles. The first-order valence-electron chi connectivity index (χ1n) is 6.19. The molecule has 1 saturated heterocycles. The number of morpholine rings is 1. The highest BCUT2D eigenvalue weighted by Gasteiger charge is 2.16. The average molecular weight is 297 g/mol. The fourth-order valence-electron chi connectivity index (χ4n) is 1.82. The first kappa shape index (κ1) is 13.1. The summed E-state index contributed by atoms with van der Waals surface area (Å²) in [5.74, 6) is 0.963. The number of rotatable bonds is 4. The van der Waals surface area contributed by atoms with Crippen LogP contribution in [0.25, 0.3) is 0 Å². The maximum absolute atomic E-state index is 5.94. The van der Waals surface area contributed by atoms with Crippen LogP contribution in [0.15, 0.2) is 16.9 Å². The molecule has 0 aliphatic carbocycles. The molecule has 2 aromatic heterocycles. The molecule has 0 bridgehead atoms. The summed E-state index contributed by atoms with van der Waals surface area (Å²) >= 11 is 5.94. The van der Waals surface area contributed by atoms with E-state index in [1.807, 2.05) is 4.90 Å². The molecule has 106 valence electrons. The lowest BCUT2D eigenvalue weighted by atomic mass is 10.4. The molecule has 1 N–H and O–H groups in total. The molecule has 0 atom stereocenters. The minimum Gasteiger partial charge on any atom is -0.378 e. The van der Waals surface area contributed by atoms with E-state index in [4.69, 9.17) is 20.9 Å². The van der Waals surface area contributed by atoms with Gasteiger partial charge in [0.05, 0.1) is 19.8 Å². The Morgan fingerprint density at radius 3 is 2.85 bits per heavy atom. The van der Waals surface area contributed by atoms with Gasteiger partial charge in [0.1, 0.15) is 12.0 Å². The molecular formula is C11H13ClN6O2. The summed E-state index contributed by atoms with van der Waals surface area (Å²) < 4.78 is 10.1. The Bertz CT molecular complexity index is 558. The molecule has 0 radical (unpaired) electrons. The smallest absolute Gasteiger partial charge is 0.231 e. The van der Waals surface area contributed by atoms with Crippen molar-refractivity contribution >= 4 is 23.5 Å². The minimum atomic E-state index is 0.157. The lowest BCUT2D eigenvalue weighted by Crippen LogP contribution is -2.37. The number of nitrogens with zero attached hydrogens (tertiary/aromatic N) is 5. The Morgan fingerprint density at radius 2 is 2.10 bits per heavy atom. The number of nitrogens with one attached hydrogen (secondary N) is 1. The Morgan fingerprint density at radius 1 is 1.25 bits per heavy atom. The van der Waals surface area contributed by atoms with E-state index in [1.165, 1.54) is 6.26 Å².